The summed E-state index contributed by atoms with van der Waals surface area (Å²) in [5.74, 6) is 0. The number of hydrogen-bond donors (Lipinski definition) is 1. The predicted octanol–water partition coefficient (Wildman–Crippen LogP) is 1.63. The van der Waals surface area contributed by atoms with Crippen LogP contribution in [0.25, 0.3) is 0 Å². The molecule has 2 fully saturated rings. The van der Waals surface area contributed by atoms with E-state index >= 15 is 0 Å². The minimum atomic E-state index is 0.260. The van der Waals surface area contributed by atoms with Gasteiger partial charge in [0.25, 0.3) is 0 Å². The third kappa shape index (κ3) is 2.41. The maximum Gasteiger partial charge on any atom is 0.0643 e. The van der Waals surface area contributed by atoms with Crippen LogP contribution in [0.3, 0.4) is 0 Å². The van der Waals surface area contributed by atoms with Crippen molar-refractivity contribution >= 4 is 0 Å². The van der Waals surface area contributed by atoms with Gasteiger partial charge in [0.05, 0.1) is 19.3 Å². The quantitative estimate of drug-likeness (QED) is 0.774. The van der Waals surface area contributed by atoms with Gasteiger partial charge in [-0.05, 0) is 41.0 Å². The van der Waals surface area contributed by atoms with Crippen LogP contribution < -0.4 is 5.32 Å². The normalized spacial score (nSPS) is 31.7. The number of nitrogens with zero attached hydrogens (tertiary/aromatic N) is 1. The Kier molecular flexibility index (Phi) is 3.06. The van der Waals surface area contributed by atoms with E-state index in [4.69, 9.17) is 4.74 Å². The molecule has 0 aliphatic carbocycles. The molecule has 0 saturated carbocycles. The van der Waals surface area contributed by atoms with Crippen LogP contribution in [0, 0.1) is 0 Å². The summed E-state index contributed by atoms with van der Waals surface area (Å²) in [7, 11) is 0. The van der Waals surface area contributed by atoms with Crippen molar-refractivity contribution in [1.82, 2.24) is 10.2 Å². The van der Waals surface area contributed by atoms with E-state index in [2.05, 4.69) is 44.8 Å². The SMILES string of the molecule is CC(C)(C)N1CC(NC2COC2)CC1(C)C. The zero-order valence-corrected chi connectivity index (χ0v) is 11.3. The average Bonchev–Trinajstić information content (AvgIpc) is 2.32. The van der Waals surface area contributed by atoms with Gasteiger partial charge in [0, 0.05) is 23.7 Å². The molecule has 3 nitrogen and oxygen atoms in total. The van der Waals surface area contributed by atoms with Crippen molar-refractivity contribution in [2.75, 3.05) is 19.8 Å². The van der Waals surface area contributed by atoms with Crippen molar-refractivity contribution in [3.63, 3.8) is 0 Å². The first-order valence-corrected chi connectivity index (χ1v) is 6.40. The van der Waals surface area contributed by atoms with Crippen molar-refractivity contribution in [2.24, 2.45) is 0 Å². The molecule has 0 aromatic heterocycles. The highest BCUT2D eigenvalue weighted by Gasteiger charge is 2.44. The highest BCUT2D eigenvalue weighted by Crippen LogP contribution is 2.35. The van der Waals surface area contributed by atoms with Gasteiger partial charge in [-0.25, -0.2) is 0 Å². The summed E-state index contributed by atoms with van der Waals surface area (Å²) < 4.78 is 5.22. The first-order valence-electron chi connectivity index (χ1n) is 6.40. The van der Waals surface area contributed by atoms with Crippen LogP contribution in [-0.2, 0) is 4.74 Å². The summed E-state index contributed by atoms with van der Waals surface area (Å²) in [6, 6.07) is 1.23. The van der Waals surface area contributed by atoms with Gasteiger partial charge in [0.2, 0.25) is 0 Å². The standard InChI is InChI=1S/C13H26N2O/c1-12(2,3)15-7-10(6-13(15,4)5)14-11-8-16-9-11/h10-11,14H,6-9H2,1-5H3. The molecule has 2 heterocycles. The summed E-state index contributed by atoms with van der Waals surface area (Å²) >= 11 is 0. The molecule has 94 valence electrons. The Balaban J connectivity index is 1.96. The second kappa shape index (κ2) is 3.97. The fourth-order valence-corrected chi connectivity index (χ4v) is 3.20. The minimum absolute atomic E-state index is 0.260. The third-order valence-electron chi connectivity index (χ3n) is 3.80. The lowest BCUT2D eigenvalue weighted by Gasteiger charge is -2.42. The van der Waals surface area contributed by atoms with E-state index in [0.29, 0.717) is 17.6 Å². The number of nitrogens with one attached hydrogen (secondary N) is 1. The topological polar surface area (TPSA) is 24.5 Å². The summed E-state index contributed by atoms with van der Waals surface area (Å²) in [4.78, 5) is 2.62. The smallest absolute Gasteiger partial charge is 0.0643 e. The molecule has 0 radical (unpaired) electrons. The van der Waals surface area contributed by atoms with Gasteiger partial charge < -0.3 is 10.1 Å². The molecular formula is C13H26N2O. The van der Waals surface area contributed by atoms with Gasteiger partial charge in [-0.3, -0.25) is 4.90 Å². The Hall–Kier alpha value is -0.120. The van der Waals surface area contributed by atoms with Crippen molar-refractivity contribution in [1.29, 1.82) is 0 Å². The molecule has 2 rings (SSSR count). The van der Waals surface area contributed by atoms with Crippen LogP contribution in [0.1, 0.15) is 41.0 Å². The second-order valence-electron chi connectivity index (χ2n) is 6.90. The van der Waals surface area contributed by atoms with Crippen molar-refractivity contribution in [2.45, 2.75) is 64.2 Å². The van der Waals surface area contributed by atoms with Gasteiger partial charge in [0.15, 0.2) is 0 Å². The third-order valence-corrected chi connectivity index (χ3v) is 3.80. The van der Waals surface area contributed by atoms with E-state index < -0.39 is 0 Å². The maximum absolute atomic E-state index is 5.22. The molecule has 0 spiro atoms. The molecule has 1 unspecified atom stereocenters. The molecule has 1 N–H and O–H groups in total. The highest BCUT2D eigenvalue weighted by molar-refractivity contribution is 5.01. The van der Waals surface area contributed by atoms with Crippen LogP contribution in [0.15, 0.2) is 0 Å². The molecule has 2 aliphatic rings. The maximum atomic E-state index is 5.22. The Bertz CT molecular complexity index is 253. The van der Waals surface area contributed by atoms with Crippen LogP contribution >= 0.6 is 0 Å². The molecule has 1 atom stereocenters. The molecule has 0 aromatic rings. The van der Waals surface area contributed by atoms with E-state index in [-0.39, 0.29) is 5.54 Å². The molecule has 0 aromatic carbocycles. The molecular weight excluding hydrogens is 200 g/mol. The highest BCUT2D eigenvalue weighted by atomic mass is 16.5. The Morgan fingerprint density at radius 3 is 2.19 bits per heavy atom. The van der Waals surface area contributed by atoms with Crippen LogP contribution in [0.4, 0.5) is 0 Å². The van der Waals surface area contributed by atoms with Crippen LogP contribution in [-0.4, -0.2) is 47.8 Å². The monoisotopic (exact) mass is 226 g/mol. The van der Waals surface area contributed by atoms with E-state index in [1.807, 2.05) is 0 Å². The second-order valence-corrected chi connectivity index (χ2v) is 6.90. The summed E-state index contributed by atoms with van der Waals surface area (Å²) in [5, 5.41) is 3.71. The van der Waals surface area contributed by atoms with Gasteiger partial charge in [-0.1, -0.05) is 0 Å². The van der Waals surface area contributed by atoms with Crippen LogP contribution in [0.2, 0.25) is 0 Å². The lowest BCUT2D eigenvalue weighted by molar-refractivity contribution is -0.00992. The van der Waals surface area contributed by atoms with E-state index in [0.717, 1.165) is 19.8 Å². The summed E-state index contributed by atoms with van der Waals surface area (Å²) in [6.45, 7) is 14.6. The molecule has 2 saturated heterocycles. The molecule has 2 aliphatic heterocycles. The number of rotatable bonds is 2. The Morgan fingerprint density at radius 1 is 1.19 bits per heavy atom. The fourth-order valence-electron chi connectivity index (χ4n) is 3.20. The van der Waals surface area contributed by atoms with Crippen molar-refractivity contribution in [3.05, 3.63) is 0 Å². The van der Waals surface area contributed by atoms with Gasteiger partial charge in [-0.15, -0.1) is 0 Å². The Labute approximate surface area is 99.5 Å². The summed E-state index contributed by atoms with van der Waals surface area (Å²) in [5.41, 5.74) is 0.566. The van der Waals surface area contributed by atoms with E-state index in [1.165, 1.54) is 6.42 Å². The number of likely N-dealkylation sites (tertiary alicyclic amines) is 1. The molecule has 3 heteroatoms. The van der Waals surface area contributed by atoms with E-state index in [1.54, 1.807) is 0 Å². The number of hydrogen-bond acceptors (Lipinski definition) is 3. The predicted molar refractivity (Wildman–Crippen MR) is 66.7 cm³/mol. The zero-order chi connectivity index (χ0) is 12.0. The fraction of sp³-hybridized carbons (Fsp3) is 1.00. The van der Waals surface area contributed by atoms with Crippen LogP contribution in [0.5, 0.6) is 0 Å². The van der Waals surface area contributed by atoms with E-state index in [9.17, 15) is 0 Å². The largest absolute Gasteiger partial charge is 0.378 e. The first kappa shape index (κ1) is 12.3. The summed E-state index contributed by atoms with van der Waals surface area (Å²) in [6.07, 6.45) is 1.24. The van der Waals surface area contributed by atoms with Gasteiger partial charge in [-0.2, -0.15) is 0 Å². The average molecular weight is 226 g/mol. The van der Waals surface area contributed by atoms with Gasteiger partial charge in [0.1, 0.15) is 0 Å². The molecule has 0 amide bonds. The zero-order valence-electron chi connectivity index (χ0n) is 11.3. The first-order chi connectivity index (χ1) is 7.29. The Morgan fingerprint density at radius 2 is 1.81 bits per heavy atom. The number of ether oxygens (including phenoxy) is 1. The molecule has 16 heavy (non-hydrogen) atoms. The van der Waals surface area contributed by atoms with Crippen molar-refractivity contribution < 1.29 is 4.74 Å². The van der Waals surface area contributed by atoms with Gasteiger partial charge >= 0.3 is 0 Å². The lowest BCUT2D eigenvalue weighted by atomic mass is 9.95. The lowest BCUT2D eigenvalue weighted by Crippen LogP contribution is -2.52. The van der Waals surface area contributed by atoms with Crippen molar-refractivity contribution in [3.8, 4) is 0 Å². The molecule has 0 bridgehead atoms. The minimum Gasteiger partial charge on any atom is -0.378 e.